The molecule has 0 radical (unpaired) electrons. The Labute approximate surface area is 149 Å². The molecule has 1 aliphatic rings. The lowest BCUT2D eigenvalue weighted by atomic mass is 9.93. The van der Waals surface area contributed by atoms with Crippen LogP contribution in [0, 0.1) is 13.8 Å². The van der Waals surface area contributed by atoms with Gasteiger partial charge in [0.25, 0.3) is 0 Å². The Balaban J connectivity index is 1.53. The molecule has 132 valence electrons. The monoisotopic (exact) mass is 338 g/mol. The lowest BCUT2D eigenvalue weighted by Gasteiger charge is -2.24. The molecule has 2 aromatic rings. The number of aryl methyl sites for hydroxylation is 1. The fraction of sp³-hybridized carbons (Fsp3) is 0.381. The highest BCUT2D eigenvalue weighted by molar-refractivity contribution is 5.91. The van der Waals surface area contributed by atoms with Gasteiger partial charge in [-0.3, -0.25) is 9.69 Å². The molecule has 0 saturated carbocycles. The van der Waals surface area contributed by atoms with Gasteiger partial charge in [-0.1, -0.05) is 42.5 Å². The lowest BCUT2D eigenvalue weighted by Crippen LogP contribution is -2.32. The van der Waals surface area contributed by atoms with Gasteiger partial charge >= 0.3 is 0 Å². The molecule has 0 aromatic heterocycles. The van der Waals surface area contributed by atoms with Gasteiger partial charge in [0.1, 0.15) is 5.60 Å². The molecule has 1 saturated heterocycles. The van der Waals surface area contributed by atoms with E-state index in [1.165, 1.54) is 5.56 Å². The number of rotatable bonds is 5. The predicted molar refractivity (Wildman–Crippen MR) is 101 cm³/mol. The molecule has 0 unspecified atom stereocenters. The van der Waals surface area contributed by atoms with E-state index in [-0.39, 0.29) is 5.91 Å². The summed E-state index contributed by atoms with van der Waals surface area (Å²) in [6.45, 7) is 6.10. The summed E-state index contributed by atoms with van der Waals surface area (Å²) in [4.78, 5) is 14.4. The average Bonchev–Trinajstić information content (AvgIpc) is 3.01. The fourth-order valence-electron chi connectivity index (χ4n) is 3.40. The lowest BCUT2D eigenvalue weighted by molar-refractivity contribution is -0.116. The summed E-state index contributed by atoms with van der Waals surface area (Å²) in [6.07, 6.45) is 1.13. The molecule has 0 bridgehead atoms. The number of nitrogens with one attached hydrogen (secondary N) is 1. The summed E-state index contributed by atoms with van der Waals surface area (Å²) < 4.78 is 0. The molecule has 0 aliphatic carbocycles. The van der Waals surface area contributed by atoms with Crippen molar-refractivity contribution in [3.05, 3.63) is 65.2 Å². The van der Waals surface area contributed by atoms with Crippen LogP contribution in [0.2, 0.25) is 0 Å². The maximum absolute atomic E-state index is 12.3. The number of carbonyl (C=O) groups is 1. The van der Waals surface area contributed by atoms with Crippen molar-refractivity contribution in [1.82, 2.24) is 4.90 Å². The van der Waals surface area contributed by atoms with Gasteiger partial charge in [-0.05, 0) is 43.0 Å². The minimum absolute atomic E-state index is 0.0175. The second-order valence-electron chi connectivity index (χ2n) is 6.97. The topological polar surface area (TPSA) is 52.6 Å². The van der Waals surface area contributed by atoms with Crippen LogP contribution in [0.3, 0.4) is 0 Å². The van der Waals surface area contributed by atoms with Gasteiger partial charge in [0.2, 0.25) is 5.91 Å². The highest BCUT2D eigenvalue weighted by atomic mass is 16.3. The zero-order chi connectivity index (χ0) is 17.9. The minimum atomic E-state index is -0.801. The van der Waals surface area contributed by atoms with Crippen molar-refractivity contribution < 1.29 is 9.90 Å². The van der Waals surface area contributed by atoms with Crippen molar-refractivity contribution in [1.29, 1.82) is 0 Å². The van der Waals surface area contributed by atoms with Gasteiger partial charge in [-0.25, -0.2) is 0 Å². The molecule has 4 heteroatoms. The van der Waals surface area contributed by atoms with E-state index in [9.17, 15) is 9.90 Å². The van der Waals surface area contributed by atoms with Gasteiger partial charge in [-0.15, -0.1) is 0 Å². The summed E-state index contributed by atoms with van der Waals surface area (Å²) in [5.41, 5.74) is 3.32. The third-order valence-corrected chi connectivity index (χ3v) is 5.17. The first-order chi connectivity index (χ1) is 12.0. The van der Waals surface area contributed by atoms with Crippen LogP contribution in [-0.2, 0) is 10.4 Å². The number of benzene rings is 2. The molecule has 1 fully saturated rings. The Hall–Kier alpha value is -2.17. The van der Waals surface area contributed by atoms with Crippen LogP contribution in [0.4, 0.5) is 5.69 Å². The number of β-amino-alcohol motifs (C(OH)–C–C–N with tert-alkyl or cyclic N) is 1. The van der Waals surface area contributed by atoms with Crippen molar-refractivity contribution in [3.63, 3.8) is 0 Å². The molecule has 2 N–H and O–H groups in total. The quantitative estimate of drug-likeness (QED) is 0.880. The maximum atomic E-state index is 12.3. The normalized spacial score (nSPS) is 20.6. The number of aliphatic hydroxyl groups is 1. The van der Waals surface area contributed by atoms with Gasteiger partial charge in [0, 0.05) is 31.7 Å². The summed E-state index contributed by atoms with van der Waals surface area (Å²) in [7, 11) is 0. The molecule has 25 heavy (non-hydrogen) atoms. The first kappa shape index (κ1) is 17.6. The Kier molecular flexibility index (Phi) is 5.21. The molecule has 1 atom stereocenters. The van der Waals surface area contributed by atoms with Crippen molar-refractivity contribution in [2.24, 2.45) is 0 Å². The number of hydrogen-bond acceptors (Lipinski definition) is 3. The first-order valence-electron chi connectivity index (χ1n) is 8.84. The highest BCUT2D eigenvalue weighted by Gasteiger charge is 2.37. The summed E-state index contributed by atoms with van der Waals surface area (Å²) in [5, 5.41) is 13.9. The van der Waals surface area contributed by atoms with E-state index in [1.54, 1.807) is 0 Å². The predicted octanol–water partition coefficient (Wildman–Crippen LogP) is 3.23. The van der Waals surface area contributed by atoms with Crippen molar-refractivity contribution in [2.45, 2.75) is 32.3 Å². The van der Waals surface area contributed by atoms with E-state index >= 15 is 0 Å². The molecular formula is C21H26N2O2. The van der Waals surface area contributed by atoms with Gasteiger partial charge in [-0.2, -0.15) is 0 Å². The molecule has 2 aromatic carbocycles. The molecular weight excluding hydrogens is 312 g/mol. The minimum Gasteiger partial charge on any atom is -0.384 e. The SMILES string of the molecule is Cc1cccc(NC(=O)CCN2CC[C@@](O)(c3ccccc3)C2)c1C. The Bertz CT molecular complexity index is 745. The summed E-state index contributed by atoms with van der Waals surface area (Å²) >= 11 is 0. The zero-order valence-electron chi connectivity index (χ0n) is 15.0. The van der Waals surface area contributed by atoms with Crippen LogP contribution in [0.25, 0.3) is 0 Å². The summed E-state index contributed by atoms with van der Waals surface area (Å²) in [6, 6.07) is 15.7. The van der Waals surface area contributed by atoms with Gasteiger partial charge in [0.15, 0.2) is 0 Å². The molecule has 4 nitrogen and oxygen atoms in total. The van der Waals surface area contributed by atoms with Crippen LogP contribution in [0.1, 0.15) is 29.5 Å². The molecule has 3 rings (SSSR count). The molecule has 1 amide bonds. The van der Waals surface area contributed by atoms with E-state index in [0.29, 0.717) is 25.9 Å². The first-order valence-corrected chi connectivity index (χ1v) is 8.84. The number of likely N-dealkylation sites (tertiary alicyclic amines) is 1. The third-order valence-electron chi connectivity index (χ3n) is 5.17. The average molecular weight is 338 g/mol. The van der Waals surface area contributed by atoms with Crippen molar-refractivity contribution >= 4 is 11.6 Å². The maximum Gasteiger partial charge on any atom is 0.225 e. The van der Waals surface area contributed by atoms with E-state index in [4.69, 9.17) is 0 Å². The zero-order valence-corrected chi connectivity index (χ0v) is 15.0. The van der Waals surface area contributed by atoms with Crippen LogP contribution >= 0.6 is 0 Å². The van der Waals surface area contributed by atoms with Crippen LogP contribution in [-0.4, -0.2) is 35.5 Å². The Morgan fingerprint density at radius 1 is 1.16 bits per heavy atom. The van der Waals surface area contributed by atoms with Crippen LogP contribution in [0.5, 0.6) is 0 Å². The second-order valence-corrected chi connectivity index (χ2v) is 6.97. The highest BCUT2D eigenvalue weighted by Crippen LogP contribution is 2.31. The largest absolute Gasteiger partial charge is 0.384 e. The van der Waals surface area contributed by atoms with E-state index in [1.807, 2.05) is 62.4 Å². The number of carbonyl (C=O) groups excluding carboxylic acids is 1. The van der Waals surface area contributed by atoms with Crippen LogP contribution < -0.4 is 5.32 Å². The van der Waals surface area contributed by atoms with Crippen molar-refractivity contribution in [3.8, 4) is 0 Å². The third kappa shape index (κ3) is 4.09. The molecule has 1 aliphatic heterocycles. The van der Waals surface area contributed by atoms with Crippen molar-refractivity contribution in [2.75, 3.05) is 25.0 Å². The van der Waals surface area contributed by atoms with E-state index in [0.717, 1.165) is 23.4 Å². The Morgan fingerprint density at radius 3 is 2.68 bits per heavy atom. The number of nitrogens with zero attached hydrogens (tertiary/aromatic N) is 1. The molecule has 1 heterocycles. The van der Waals surface area contributed by atoms with Gasteiger partial charge in [0.05, 0.1) is 0 Å². The van der Waals surface area contributed by atoms with Crippen LogP contribution in [0.15, 0.2) is 48.5 Å². The fourth-order valence-corrected chi connectivity index (χ4v) is 3.40. The Morgan fingerprint density at radius 2 is 1.92 bits per heavy atom. The van der Waals surface area contributed by atoms with E-state index in [2.05, 4.69) is 10.2 Å². The number of amides is 1. The number of hydrogen-bond donors (Lipinski definition) is 2. The van der Waals surface area contributed by atoms with Gasteiger partial charge < -0.3 is 10.4 Å². The standard InChI is InChI=1S/C21H26N2O2/c1-16-7-6-10-19(17(16)2)22-20(24)11-13-23-14-12-21(25,15-23)18-8-4-3-5-9-18/h3-10,25H,11-15H2,1-2H3,(H,22,24)/t21-/m0/s1. The van der Waals surface area contributed by atoms with E-state index < -0.39 is 5.60 Å². The summed E-state index contributed by atoms with van der Waals surface area (Å²) in [5.74, 6) is 0.0175. The smallest absolute Gasteiger partial charge is 0.225 e. The second kappa shape index (κ2) is 7.38. The number of anilines is 1. The molecule has 0 spiro atoms.